The number of nitrogens with zero attached hydrogens (tertiary/aromatic N) is 2. The number of carboxylic acids is 1. The molecule has 5 nitrogen and oxygen atoms in total. The van der Waals surface area contributed by atoms with Crippen LogP contribution in [0, 0.1) is 0 Å². The van der Waals surface area contributed by atoms with Gasteiger partial charge in [-0.15, -0.1) is 11.3 Å². The zero-order chi connectivity index (χ0) is 14.1. The summed E-state index contributed by atoms with van der Waals surface area (Å²) in [7, 11) is 2.16. The minimum absolute atomic E-state index is 0.403. The summed E-state index contributed by atoms with van der Waals surface area (Å²) in [5.41, 5.74) is 0.802. The first-order valence-corrected chi connectivity index (χ1v) is 8.13. The Bertz CT molecular complexity index is 503. The summed E-state index contributed by atoms with van der Waals surface area (Å²) < 4.78 is 0. The highest BCUT2D eigenvalue weighted by Crippen LogP contribution is 2.36. The van der Waals surface area contributed by atoms with Gasteiger partial charge in [0.1, 0.15) is 5.92 Å². The Morgan fingerprint density at radius 2 is 2.35 bits per heavy atom. The van der Waals surface area contributed by atoms with Crippen LogP contribution in [0.3, 0.4) is 0 Å². The number of carbonyl (C=O) groups is 1. The van der Waals surface area contributed by atoms with Gasteiger partial charge in [0.05, 0.1) is 5.69 Å². The number of hydrogen-bond acceptors (Lipinski definition) is 5. The lowest BCUT2D eigenvalue weighted by Crippen LogP contribution is -2.31. The van der Waals surface area contributed by atoms with Crippen molar-refractivity contribution in [3.8, 4) is 0 Å². The molecule has 1 aromatic rings. The van der Waals surface area contributed by atoms with Crippen LogP contribution >= 0.6 is 11.3 Å². The minimum atomic E-state index is -0.738. The van der Waals surface area contributed by atoms with Crippen molar-refractivity contribution in [2.75, 3.05) is 25.5 Å². The van der Waals surface area contributed by atoms with Crippen LogP contribution in [-0.2, 0) is 11.2 Å². The Morgan fingerprint density at radius 1 is 1.50 bits per heavy atom. The number of likely N-dealkylation sites (N-methyl/N-ethyl adjacent to an activating group) is 1. The van der Waals surface area contributed by atoms with Gasteiger partial charge in [-0.3, -0.25) is 4.79 Å². The number of rotatable bonds is 4. The van der Waals surface area contributed by atoms with Crippen molar-refractivity contribution >= 4 is 22.4 Å². The molecule has 0 bridgehead atoms. The molecule has 0 amide bonds. The molecule has 2 atom stereocenters. The molecule has 1 aromatic heterocycles. The molecular weight excluding hydrogens is 274 g/mol. The lowest BCUT2D eigenvalue weighted by atomic mass is 9.91. The zero-order valence-electron chi connectivity index (χ0n) is 11.8. The van der Waals surface area contributed by atoms with Crippen molar-refractivity contribution in [3.05, 3.63) is 10.6 Å². The fraction of sp³-hybridized carbons (Fsp3) is 0.714. The lowest BCUT2D eigenvalue weighted by molar-refractivity contribution is -0.139. The van der Waals surface area contributed by atoms with Crippen LogP contribution < -0.4 is 5.32 Å². The predicted octanol–water partition coefficient (Wildman–Crippen LogP) is 2.15. The smallest absolute Gasteiger partial charge is 0.312 e. The molecule has 0 radical (unpaired) electrons. The van der Waals surface area contributed by atoms with Crippen molar-refractivity contribution in [2.45, 2.75) is 44.1 Å². The molecule has 1 fully saturated rings. The third-order valence-corrected chi connectivity index (χ3v) is 5.50. The molecule has 1 saturated heterocycles. The monoisotopic (exact) mass is 295 g/mol. The number of thiazole rings is 1. The molecule has 3 rings (SSSR count). The van der Waals surface area contributed by atoms with Crippen LogP contribution in [0.25, 0.3) is 0 Å². The van der Waals surface area contributed by atoms with E-state index in [4.69, 9.17) is 0 Å². The Balaban J connectivity index is 1.68. The third kappa shape index (κ3) is 2.67. The standard InChI is InChI=1S/C14H21N3O2S/c1-17-7-3-4-9(17)8-15-14-16-12-10(13(18)19)5-2-6-11(12)20-14/h9-10H,2-8H2,1H3,(H,15,16)(H,18,19). The summed E-state index contributed by atoms with van der Waals surface area (Å²) >= 11 is 1.64. The maximum Gasteiger partial charge on any atom is 0.312 e. The first kappa shape index (κ1) is 13.8. The van der Waals surface area contributed by atoms with Crippen LogP contribution in [0.2, 0.25) is 0 Å². The van der Waals surface area contributed by atoms with Crippen molar-refractivity contribution < 1.29 is 9.90 Å². The average Bonchev–Trinajstić information content (AvgIpc) is 3.01. The molecule has 0 aromatic carbocycles. The highest BCUT2D eigenvalue weighted by atomic mass is 32.1. The molecule has 2 unspecified atom stereocenters. The Morgan fingerprint density at radius 3 is 3.05 bits per heavy atom. The number of fused-ring (bicyclic) bond motifs is 1. The largest absolute Gasteiger partial charge is 0.481 e. The molecule has 6 heteroatoms. The molecule has 2 aliphatic rings. The molecule has 110 valence electrons. The summed E-state index contributed by atoms with van der Waals surface area (Å²) in [6.45, 7) is 2.07. The van der Waals surface area contributed by atoms with E-state index in [0.717, 1.165) is 41.5 Å². The summed E-state index contributed by atoms with van der Waals surface area (Å²) in [5.74, 6) is -1.14. The number of aryl methyl sites for hydroxylation is 1. The summed E-state index contributed by atoms with van der Waals surface area (Å²) in [5, 5.41) is 13.6. The number of aromatic nitrogens is 1. The predicted molar refractivity (Wildman–Crippen MR) is 79.6 cm³/mol. The molecule has 0 saturated carbocycles. The van der Waals surface area contributed by atoms with Gasteiger partial charge in [0.25, 0.3) is 0 Å². The molecule has 2 heterocycles. The molecule has 20 heavy (non-hydrogen) atoms. The van der Waals surface area contributed by atoms with E-state index in [9.17, 15) is 9.90 Å². The number of carboxylic acid groups (broad SMARTS) is 1. The van der Waals surface area contributed by atoms with Gasteiger partial charge in [0.15, 0.2) is 5.13 Å². The molecule has 2 N–H and O–H groups in total. The molecule has 1 aliphatic heterocycles. The quantitative estimate of drug-likeness (QED) is 0.891. The fourth-order valence-corrected chi connectivity index (χ4v) is 4.25. The van der Waals surface area contributed by atoms with Crippen LogP contribution in [0.5, 0.6) is 0 Å². The first-order valence-electron chi connectivity index (χ1n) is 7.31. The van der Waals surface area contributed by atoms with Gasteiger partial charge in [0, 0.05) is 17.5 Å². The number of anilines is 1. The third-order valence-electron chi connectivity index (χ3n) is 4.41. The number of likely N-dealkylation sites (tertiary alicyclic amines) is 1. The van der Waals surface area contributed by atoms with Gasteiger partial charge in [-0.25, -0.2) is 4.98 Å². The van der Waals surface area contributed by atoms with Crippen molar-refractivity contribution in [1.82, 2.24) is 9.88 Å². The van der Waals surface area contributed by atoms with Crippen LogP contribution in [0.4, 0.5) is 5.13 Å². The second-order valence-corrected chi connectivity index (χ2v) is 6.85. The van der Waals surface area contributed by atoms with Crippen molar-refractivity contribution in [1.29, 1.82) is 0 Å². The topological polar surface area (TPSA) is 65.5 Å². The SMILES string of the molecule is CN1CCCC1CNc1nc2c(s1)CCCC2C(=O)O. The van der Waals surface area contributed by atoms with Crippen LogP contribution in [0.1, 0.15) is 42.2 Å². The summed E-state index contributed by atoms with van der Waals surface area (Å²) in [4.78, 5) is 19.4. The van der Waals surface area contributed by atoms with E-state index in [1.54, 1.807) is 11.3 Å². The zero-order valence-corrected chi connectivity index (χ0v) is 12.6. The van der Waals surface area contributed by atoms with E-state index in [1.807, 2.05) is 0 Å². The van der Waals surface area contributed by atoms with Crippen LogP contribution in [0.15, 0.2) is 0 Å². The van der Waals surface area contributed by atoms with Gasteiger partial charge >= 0.3 is 5.97 Å². The van der Waals surface area contributed by atoms with Gasteiger partial charge < -0.3 is 15.3 Å². The Hall–Kier alpha value is -1.14. The summed E-state index contributed by atoms with van der Waals surface area (Å²) in [6, 6.07) is 0.575. The van der Waals surface area contributed by atoms with Crippen molar-refractivity contribution in [3.63, 3.8) is 0 Å². The fourth-order valence-electron chi connectivity index (χ4n) is 3.18. The van der Waals surface area contributed by atoms with Gasteiger partial charge in [-0.05, 0) is 45.7 Å². The Kier molecular flexibility index (Phi) is 3.94. The second-order valence-electron chi connectivity index (χ2n) is 5.77. The summed E-state index contributed by atoms with van der Waals surface area (Å²) in [6.07, 6.45) is 5.14. The van der Waals surface area contributed by atoms with Gasteiger partial charge in [0.2, 0.25) is 0 Å². The molecule has 0 spiro atoms. The number of hydrogen-bond donors (Lipinski definition) is 2. The molecule has 1 aliphatic carbocycles. The first-order chi connectivity index (χ1) is 9.65. The highest BCUT2D eigenvalue weighted by molar-refractivity contribution is 7.15. The number of aliphatic carboxylic acids is 1. The van der Waals surface area contributed by atoms with E-state index in [-0.39, 0.29) is 0 Å². The van der Waals surface area contributed by atoms with Gasteiger partial charge in [-0.1, -0.05) is 0 Å². The van der Waals surface area contributed by atoms with E-state index in [0.29, 0.717) is 6.04 Å². The lowest BCUT2D eigenvalue weighted by Gasteiger charge is -2.19. The second kappa shape index (κ2) is 5.69. The molecular formula is C14H21N3O2S. The Labute approximate surface area is 123 Å². The highest BCUT2D eigenvalue weighted by Gasteiger charge is 2.30. The maximum absolute atomic E-state index is 11.3. The average molecular weight is 295 g/mol. The van der Waals surface area contributed by atoms with Crippen LogP contribution in [-0.4, -0.2) is 47.1 Å². The van der Waals surface area contributed by atoms with E-state index < -0.39 is 11.9 Å². The van der Waals surface area contributed by atoms with E-state index in [2.05, 4.69) is 22.2 Å². The van der Waals surface area contributed by atoms with Crippen molar-refractivity contribution in [2.24, 2.45) is 0 Å². The normalized spacial score (nSPS) is 26.4. The van der Waals surface area contributed by atoms with Gasteiger partial charge in [-0.2, -0.15) is 0 Å². The minimum Gasteiger partial charge on any atom is -0.481 e. The van der Waals surface area contributed by atoms with E-state index >= 15 is 0 Å². The van der Waals surface area contributed by atoms with E-state index in [1.165, 1.54) is 19.4 Å². The number of nitrogens with one attached hydrogen (secondary N) is 1. The maximum atomic E-state index is 11.3.